The van der Waals surface area contributed by atoms with E-state index in [2.05, 4.69) is 27.7 Å². The number of carbonyl (C=O) groups is 2. The number of morpholine rings is 1. The number of nitrogens with zero attached hydrogens (tertiary/aromatic N) is 2. The van der Waals surface area contributed by atoms with Gasteiger partial charge in [0.05, 0.1) is 24.0 Å². The van der Waals surface area contributed by atoms with E-state index in [0.717, 1.165) is 25.3 Å². The molecule has 182 valence electrons. The summed E-state index contributed by atoms with van der Waals surface area (Å²) in [6.45, 7) is 3.48. The van der Waals surface area contributed by atoms with Gasteiger partial charge in [0, 0.05) is 51.5 Å². The molecule has 0 spiro atoms. The summed E-state index contributed by atoms with van der Waals surface area (Å²) in [5.74, 6) is -0.509. The highest BCUT2D eigenvalue weighted by atomic mass is 16.5. The predicted octanol–water partition coefficient (Wildman–Crippen LogP) is 3.64. The molecule has 1 atom stereocenters. The van der Waals surface area contributed by atoms with Gasteiger partial charge in [-0.2, -0.15) is 0 Å². The molecule has 0 radical (unpaired) electrons. The maximum Gasteiger partial charge on any atom is 0.255 e. The van der Waals surface area contributed by atoms with Crippen molar-refractivity contribution >= 4 is 23.2 Å². The minimum absolute atomic E-state index is 0.101. The molecule has 7 heteroatoms. The molecular formula is C28H32N4O3. The Labute approximate surface area is 206 Å². The molecule has 3 aromatic rings. The molecule has 35 heavy (non-hydrogen) atoms. The summed E-state index contributed by atoms with van der Waals surface area (Å²) in [7, 11) is 3.83. The summed E-state index contributed by atoms with van der Waals surface area (Å²) in [4.78, 5) is 30.2. The summed E-state index contributed by atoms with van der Waals surface area (Å²) in [6.07, 6.45) is -0.101. The molecule has 1 heterocycles. The van der Waals surface area contributed by atoms with Gasteiger partial charge in [0.1, 0.15) is 0 Å². The second kappa shape index (κ2) is 11.6. The van der Waals surface area contributed by atoms with Gasteiger partial charge in [0.2, 0.25) is 0 Å². The van der Waals surface area contributed by atoms with Crippen LogP contribution in [0.1, 0.15) is 26.3 Å². The van der Waals surface area contributed by atoms with Crippen LogP contribution in [0.3, 0.4) is 0 Å². The number of hydrogen-bond acceptors (Lipinski definition) is 5. The standard InChI is InChI=1S/C28H32N4O3/c1-31(2)23-13-14-26(30-27(33)22-11-7-4-8-12-22)25(17-23)28(34)29-18-24-20-32(15-16-35-24)19-21-9-5-3-6-10-21/h3-14,17,24H,15-16,18-20H2,1-2H3,(H,29,34)(H,30,33). The van der Waals surface area contributed by atoms with Crippen LogP contribution in [-0.4, -0.2) is 63.2 Å². The SMILES string of the molecule is CN(C)c1ccc(NC(=O)c2ccccc2)c(C(=O)NCC2CN(Cc3ccccc3)CCO2)c1. The van der Waals surface area contributed by atoms with Crippen molar-refractivity contribution in [1.82, 2.24) is 10.2 Å². The van der Waals surface area contributed by atoms with E-state index in [-0.39, 0.29) is 17.9 Å². The van der Waals surface area contributed by atoms with Crippen molar-refractivity contribution in [3.05, 3.63) is 95.6 Å². The lowest BCUT2D eigenvalue weighted by molar-refractivity contribution is -0.0292. The van der Waals surface area contributed by atoms with E-state index in [9.17, 15) is 9.59 Å². The number of amides is 2. The van der Waals surface area contributed by atoms with Gasteiger partial charge >= 0.3 is 0 Å². The smallest absolute Gasteiger partial charge is 0.255 e. The normalized spacial score (nSPS) is 15.9. The highest BCUT2D eigenvalue weighted by Gasteiger charge is 2.22. The lowest BCUT2D eigenvalue weighted by atomic mass is 10.1. The van der Waals surface area contributed by atoms with Crippen molar-refractivity contribution < 1.29 is 14.3 Å². The third-order valence-corrected chi connectivity index (χ3v) is 6.01. The van der Waals surface area contributed by atoms with Crippen molar-refractivity contribution in [3.63, 3.8) is 0 Å². The van der Waals surface area contributed by atoms with Gasteiger partial charge in [-0.1, -0.05) is 48.5 Å². The molecule has 3 aromatic carbocycles. The van der Waals surface area contributed by atoms with Crippen LogP contribution in [-0.2, 0) is 11.3 Å². The van der Waals surface area contributed by atoms with Crippen molar-refractivity contribution in [1.29, 1.82) is 0 Å². The molecule has 1 fully saturated rings. The van der Waals surface area contributed by atoms with Gasteiger partial charge in [0.25, 0.3) is 11.8 Å². The molecule has 1 saturated heterocycles. The zero-order valence-electron chi connectivity index (χ0n) is 20.2. The predicted molar refractivity (Wildman–Crippen MR) is 139 cm³/mol. The molecule has 0 bridgehead atoms. The second-order valence-corrected chi connectivity index (χ2v) is 8.87. The van der Waals surface area contributed by atoms with Gasteiger partial charge in [0.15, 0.2) is 0 Å². The van der Waals surface area contributed by atoms with Crippen molar-refractivity contribution in [2.75, 3.05) is 50.6 Å². The van der Waals surface area contributed by atoms with Crippen LogP contribution >= 0.6 is 0 Å². The topological polar surface area (TPSA) is 73.9 Å². The van der Waals surface area contributed by atoms with E-state index in [4.69, 9.17) is 4.74 Å². The van der Waals surface area contributed by atoms with Crippen LogP contribution in [0.2, 0.25) is 0 Å². The Bertz CT molecular complexity index is 1140. The maximum atomic E-state index is 13.2. The first-order valence-electron chi connectivity index (χ1n) is 11.8. The molecule has 4 rings (SSSR count). The van der Waals surface area contributed by atoms with Crippen molar-refractivity contribution in [2.24, 2.45) is 0 Å². The van der Waals surface area contributed by atoms with Gasteiger partial charge < -0.3 is 20.3 Å². The molecule has 7 nitrogen and oxygen atoms in total. The first kappa shape index (κ1) is 24.4. The number of benzene rings is 3. The molecule has 0 aromatic heterocycles. The van der Waals surface area contributed by atoms with Crippen LogP contribution in [0.4, 0.5) is 11.4 Å². The number of rotatable bonds is 8. The van der Waals surface area contributed by atoms with E-state index in [1.54, 1.807) is 24.3 Å². The number of carbonyl (C=O) groups excluding carboxylic acids is 2. The Morgan fingerprint density at radius 1 is 0.971 bits per heavy atom. The first-order chi connectivity index (χ1) is 17.0. The minimum atomic E-state index is -0.260. The summed E-state index contributed by atoms with van der Waals surface area (Å²) < 4.78 is 5.91. The Balaban J connectivity index is 1.42. The van der Waals surface area contributed by atoms with E-state index >= 15 is 0 Å². The van der Waals surface area contributed by atoms with Crippen LogP contribution < -0.4 is 15.5 Å². The third kappa shape index (κ3) is 6.68. The van der Waals surface area contributed by atoms with E-state index < -0.39 is 0 Å². The largest absolute Gasteiger partial charge is 0.378 e. The van der Waals surface area contributed by atoms with Gasteiger partial charge in [-0.05, 0) is 35.9 Å². The number of hydrogen-bond donors (Lipinski definition) is 2. The van der Waals surface area contributed by atoms with E-state index in [0.29, 0.717) is 30.0 Å². The highest BCUT2D eigenvalue weighted by Crippen LogP contribution is 2.23. The second-order valence-electron chi connectivity index (χ2n) is 8.87. The molecule has 1 aliphatic heterocycles. The number of nitrogens with one attached hydrogen (secondary N) is 2. The van der Waals surface area contributed by atoms with Crippen LogP contribution in [0.25, 0.3) is 0 Å². The van der Waals surface area contributed by atoms with Gasteiger partial charge in [-0.15, -0.1) is 0 Å². The summed E-state index contributed by atoms with van der Waals surface area (Å²) in [5.41, 5.74) is 3.55. The van der Waals surface area contributed by atoms with E-state index in [1.165, 1.54) is 5.56 Å². The lowest BCUT2D eigenvalue weighted by Gasteiger charge is -2.33. The lowest BCUT2D eigenvalue weighted by Crippen LogP contribution is -2.47. The van der Waals surface area contributed by atoms with Crippen LogP contribution in [0.5, 0.6) is 0 Å². The highest BCUT2D eigenvalue weighted by molar-refractivity contribution is 6.09. The summed E-state index contributed by atoms with van der Waals surface area (Å²) in [5, 5.41) is 5.90. The summed E-state index contributed by atoms with van der Waals surface area (Å²) >= 11 is 0. The fourth-order valence-corrected chi connectivity index (χ4v) is 4.08. The molecule has 0 aliphatic carbocycles. The van der Waals surface area contributed by atoms with Crippen LogP contribution in [0, 0.1) is 0 Å². The fourth-order valence-electron chi connectivity index (χ4n) is 4.08. The fraction of sp³-hybridized carbons (Fsp3) is 0.286. The monoisotopic (exact) mass is 472 g/mol. The Hall–Kier alpha value is -3.68. The Morgan fingerprint density at radius 2 is 1.69 bits per heavy atom. The van der Waals surface area contributed by atoms with Gasteiger partial charge in [-0.3, -0.25) is 14.5 Å². The molecule has 2 N–H and O–H groups in total. The zero-order chi connectivity index (χ0) is 24.6. The maximum absolute atomic E-state index is 13.2. The quantitative estimate of drug-likeness (QED) is 0.524. The minimum Gasteiger partial charge on any atom is -0.378 e. The molecule has 1 unspecified atom stereocenters. The number of anilines is 2. The van der Waals surface area contributed by atoms with E-state index in [1.807, 2.05) is 61.5 Å². The Kier molecular flexibility index (Phi) is 8.13. The Morgan fingerprint density at radius 3 is 2.40 bits per heavy atom. The zero-order valence-corrected chi connectivity index (χ0v) is 20.2. The van der Waals surface area contributed by atoms with Crippen molar-refractivity contribution in [2.45, 2.75) is 12.6 Å². The molecular weight excluding hydrogens is 440 g/mol. The molecule has 1 aliphatic rings. The first-order valence-corrected chi connectivity index (χ1v) is 11.8. The number of ether oxygens (including phenoxy) is 1. The summed E-state index contributed by atoms with van der Waals surface area (Å²) in [6, 6.07) is 24.7. The van der Waals surface area contributed by atoms with Crippen molar-refractivity contribution in [3.8, 4) is 0 Å². The molecule has 0 saturated carbocycles. The average molecular weight is 473 g/mol. The molecule has 2 amide bonds. The van der Waals surface area contributed by atoms with Crippen LogP contribution in [0.15, 0.2) is 78.9 Å². The van der Waals surface area contributed by atoms with Gasteiger partial charge in [-0.25, -0.2) is 0 Å². The average Bonchev–Trinajstić information content (AvgIpc) is 2.88. The third-order valence-electron chi connectivity index (χ3n) is 6.01.